The quantitative estimate of drug-likeness (QED) is 0.434. The number of ether oxygens (including phenoxy) is 1. The number of benzene rings is 2. The minimum absolute atomic E-state index is 0.178. The van der Waals surface area contributed by atoms with Crippen LogP contribution in [0.15, 0.2) is 63.8 Å². The van der Waals surface area contributed by atoms with Crippen molar-refractivity contribution in [1.82, 2.24) is 0 Å². The van der Waals surface area contributed by atoms with Crippen LogP contribution in [0.3, 0.4) is 0 Å². The molecule has 0 spiro atoms. The Morgan fingerprint density at radius 1 is 1.11 bits per heavy atom. The summed E-state index contributed by atoms with van der Waals surface area (Å²) in [5, 5.41) is 0.763. The zero-order valence-corrected chi connectivity index (χ0v) is 17.5. The summed E-state index contributed by atoms with van der Waals surface area (Å²) in [4.78, 5) is 27.0. The van der Waals surface area contributed by atoms with E-state index >= 15 is 0 Å². The number of carbonyl (C=O) groups is 2. The lowest BCUT2D eigenvalue weighted by molar-refractivity contribution is -0.136. The van der Waals surface area contributed by atoms with Crippen LogP contribution in [0.25, 0.3) is 6.08 Å². The SMILES string of the molecule is COC(=O)C1=C(C)N(c2ccc(Br)cc2)C(=O)/C1=C\c1c(Cl)cccc1Cl. The van der Waals surface area contributed by atoms with E-state index in [4.69, 9.17) is 27.9 Å². The van der Waals surface area contributed by atoms with Gasteiger partial charge >= 0.3 is 5.97 Å². The number of amides is 1. The molecule has 27 heavy (non-hydrogen) atoms. The van der Waals surface area contributed by atoms with Gasteiger partial charge in [-0.3, -0.25) is 9.69 Å². The van der Waals surface area contributed by atoms with Crippen molar-refractivity contribution in [3.8, 4) is 0 Å². The van der Waals surface area contributed by atoms with Crippen LogP contribution in [0.4, 0.5) is 5.69 Å². The van der Waals surface area contributed by atoms with E-state index in [1.54, 1.807) is 37.3 Å². The molecule has 7 heteroatoms. The van der Waals surface area contributed by atoms with Gasteiger partial charge in [0.25, 0.3) is 5.91 Å². The van der Waals surface area contributed by atoms with Gasteiger partial charge in [-0.1, -0.05) is 45.2 Å². The minimum Gasteiger partial charge on any atom is -0.465 e. The predicted octanol–water partition coefficient (Wildman–Crippen LogP) is 5.63. The molecule has 2 aromatic carbocycles. The maximum absolute atomic E-state index is 13.2. The van der Waals surface area contributed by atoms with Crippen molar-refractivity contribution in [2.45, 2.75) is 6.92 Å². The van der Waals surface area contributed by atoms with Crippen molar-refractivity contribution in [3.63, 3.8) is 0 Å². The number of esters is 1. The third-order valence-electron chi connectivity index (χ3n) is 4.16. The molecule has 1 heterocycles. The third kappa shape index (κ3) is 3.68. The highest BCUT2D eigenvalue weighted by Crippen LogP contribution is 2.37. The van der Waals surface area contributed by atoms with Gasteiger partial charge in [0.05, 0.1) is 18.3 Å². The Morgan fingerprint density at radius 3 is 2.26 bits per heavy atom. The molecule has 1 amide bonds. The average Bonchev–Trinajstić information content (AvgIpc) is 2.88. The van der Waals surface area contributed by atoms with E-state index in [9.17, 15) is 9.59 Å². The zero-order chi connectivity index (χ0) is 19.7. The number of hydrogen-bond donors (Lipinski definition) is 0. The predicted molar refractivity (Wildman–Crippen MR) is 111 cm³/mol. The summed E-state index contributed by atoms with van der Waals surface area (Å²) in [6, 6.07) is 12.2. The van der Waals surface area contributed by atoms with Crippen molar-refractivity contribution in [1.29, 1.82) is 0 Å². The molecule has 0 saturated carbocycles. The number of hydrogen-bond acceptors (Lipinski definition) is 3. The molecule has 4 nitrogen and oxygen atoms in total. The molecule has 0 aromatic heterocycles. The summed E-state index contributed by atoms with van der Waals surface area (Å²) < 4.78 is 5.78. The van der Waals surface area contributed by atoms with E-state index in [0.717, 1.165) is 4.47 Å². The Bertz CT molecular complexity index is 977. The molecule has 3 rings (SSSR count). The van der Waals surface area contributed by atoms with Crippen LogP contribution in [-0.2, 0) is 14.3 Å². The van der Waals surface area contributed by atoms with Crippen molar-refractivity contribution in [2.75, 3.05) is 12.0 Å². The number of halogens is 3. The number of carbonyl (C=O) groups excluding carboxylic acids is 2. The summed E-state index contributed by atoms with van der Waals surface area (Å²) in [6.07, 6.45) is 1.53. The lowest BCUT2D eigenvalue weighted by atomic mass is 10.0. The molecule has 1 aliphatic heterocycles. The van der Waals surface area contributed by atoms with E-state index in [-0.39, 0.29) is 17.1 Å². The van der Waals surface area contributed by atoms with Gasteiger partial charge in [-0.15, -0.1) is 0 Å². The highest BCUT2D eigenvalue weighted by molar-refractivity contribution is 9.10. The van der Waals surface area contributed by atoms with E-state index in [1.807, 2.05) is 12.1 Å². The van der Waals surface area contributed by atoms with Gasteiger partial charge in [0.15, 0.2) is 0 Å². The molecule has 2 aromatic rings. The molecule has 0 unspecified atom stereocenters. The number of rotatable bonds is 3. The molecule has 138 valence electrons. The first-order valence-electron chi connectivity index (χ1n) is 7.90. The first-order chi connectivity index (χ1) is 12.8. The van der Waals surface area contributed by atoms with Crippen molar-refractivity contribution in [3.05, 3.63) is 79.4 Å². The van der Waals surface area contributed by atoms with E-state index in [1.165, 1.54) is 18.1 Å². The monoisotopic (exact) mass is 465 g/mol. The van der Waals surface area contributed by atoms with Gasteiger partial charge in [0.1, 0.15) is 0 Å². The van der Waals surface area contributed by atoms with E-state index < -0.39 is 5.97 Å². The number of anilines is 1. The Hall–Kier alpha value is -2.08. The van der Waals surface area contributed by atoms with E-state index in [0.29, 0.717) is 27.0 Å². The normalized spacial score (nSPS) is 15.7. The molecular formula is C20H14BrCl2NO3. The van der Waals surface area contributed by atoms with Crippen LogP contribution in [0, 0.1) is 0 Å². The Kier molecular flexibility index (Phi) is 5.75. The second-order valence-corrected chi connectivity index (χ2v) is 7.49. The van der Waals surface area contributed by atoms with Crippen LogP contribution in [0.1, 0.15) is 12.5 Å². The average molecular weight is 467 g/mol. The van der Waals surface area contributed by atoms with Crippen LogP contribution in [0.2, 0.25) is 10.0 Å². The summed E-state index contributed by atoms with van der Waals surface area (Å²) in [6.45, 7) is 1.70. The van der Waals surface area contributed by atoms with Gasteiger partial charge < -0.3 is 4.74 Å². The molecule has 0 radical (unpaired) electrons. The van der Waals surface area contributed by atoms with Crippen LogP contribution in [-0.4, -0.2) is 19.0 Å². The van der Waals surface area contributed by atoms with Crippen molar-refractivity contribution in [2.24, 2.45) is 0 Å². The maximum Gasteiger partial charge on any atom is 0.340 e. The largest absolute Gasteiger partial charge is 0.465 e. The number of allylic oxidation sites excluding steroid dienone is 1. The molecule has 0 bridgehead atoms. The maximum atomic E-state index is 13.2. The first-order valence-corrected chi connectivity index (χ1v) is 9.45. The molecule has 0 aliphatic carbocycles. The van der Waals surface area contributed by atoms with Crippen LogP contribution < -0.4 is 4.90 Å². The fourth-order valence-corrected chi connectivity index (χ4v) is 3.64. The van der Waals surface area contributed by atoms with Gasteiger partial charge in [-0.05, 0) is 49.4 Å². The standard InChI is InChI=1S/C20H14BrCl2NO3/c1-11-18(20(26)27-2)15(10-14-16(22)4-3-5-17(14)23)19(25)24(11)13-8-6-12(21)7-9-13/h3-10H,1-2H3/b15-10-. The molecule has 0 N–H and O–H groups in total. The lowest BCUT2D eigenvalue weighted by Crippen LogP contribution is -2.24. The van der Waals surface area contributed by atoms with Gasteiger partial charge in [-0.25, -0.2) is 4.79 Å². The Labute approximate surface area is 175 Å². The van der Waals surface area contributed by atoms with Crippen LogP contribution in [0.5, 0.6) is 0 Å². The highest BCUT2D eigenvalue weighted by atomic mass is 79.9. The van der Waals surface area contributed by atoms with Gasteiger partial charge in [0.2, 0.25) is 0 Å². The second kappa shape index (κ2) is 7.89. The summed E-state index contributed by atoms with van der Waals surface area (Å²) in [5.41, 5.74) is 1.94. The van der Waals surface area contributed by atoms with Crippen molar-refractivity contribution < 1.29 is 14.3 Å². The number of methoxy groups -OCH3 is 1. The first kappa shape index (κ1) is 19.7. The van der Waals surface area contributed by atoms with Gasteiger partial charge in [0, 0.05) is 31.5 Å². The fraction of sp³-hybridized carbons (Fsp3) is 0.100. The molecule has 0 saturated heterocycles. The zero-order valence-electron chi connectivity index (χ0n) is 14.4. The lowest BCUT2D eigenvalue weighted by Gasteiger charge is -2.18. The second-order valence-electron chi connectivity index (χ2n) is 5.76. The molecule has 0 fully saturated rings. The molecule has 0 atom stereocenters. The topological polar surface area (TPSA) is 46.6 Å². The third-order valence-corrected chi connectivity index (χ3v) is 5.35. The highest BCUT2D eigenvalue weighted by Gasteiger charge is 2.38. The Morgan fingerprint density at radius 2 is 1.70 bits per heavy atom. The van der Waals surface area contributed by atoms with Gasteiger partial charge in [-0.2, -0.15) is 0 Å². The Balaban J connectivity index is 2.19. The molecule has 1 aliphatic rings. The fourth-order valence-electron chi connectivity index (χ4n) is 2.87. The van der Waals surface area contributed by atoms with Crippen molar-refractivity contribution >= 4 is 62.8 Å². The minimum atomic E-state index is -0.602. The summed E-state index contributed by atoms with van der Waals surface area (Å²) in [5.74, 6) is -0.957. The smallest absolute Gasteiger partial charge is 0.340 e. The molecular weight excluding hydrogens is 453 g/mol. The number of nitrogens with zero attached hydrogens (tertiary/aromatic N) is 1. The summed E-state index contributed by atoms with van der Waals surface area (Å²) in [7, 11) is 1.27. The van der Waals surface area contributed by atoms with Crippen LogP contribution >= 0.6 is 39.1 Å². The summed E-state index contributed by atoms with van der Waals surface area (Å²) >= 11 is 15.8. The van der Waals surface area contributed by atoms with E-state index in [2.05, 4.69) is 15.9 Å².